The molecule has 6 nitrogen and oxygen atoms in total. The van der Waals surface area contributed by atoms with Gasteiger partial charge in [0.25, 0.3) is 0 Å². The molecule has 2 aromatic rings. The number of rotatable bonds is 3. The fraction of sp³-hybridized carbons (Fsp3) is 0.300. The summed E-state index contributed by atoms with van der Waals surface area (Å²) in [5, 5.41) is 7.13. The molecule has 84 valence electrons. The Kier molecular flexibility index (Phi) is 2.72. The summed E-state index contributed by atoms with van der Waals surface area (Å²) in [6.07, 6.45) is 5.12. The number of hydrogen-bond acceptors (Lipinski definition) is 5. The molecule has 0 saturated carbocycles. The van der Waals surface area contributed by atoms with E-state index in [1.54, 1.807) is 25.0 Å². The Hall–Kier alpha value is -2.11. The van der Waals surface area contributed by atoms with Gasteiger partial charge in [-0.05, 0) is 12.5 Å². The third kappa shape index (κ3) is 1.69. The van der Waals surface area contributed by atoms with Crippen molar-refractivity contribution >= 4 is 5.82 Å². The van der Waals surface area contributed by atoms with Crippen LogP contribution in [-0.4, -0.2) is 33.9 Å². The molecule has 6 heteroatoms. The van der Waals surface area contributed by atoms with E-state index in [2.05, 4.69) is 20.4 Å². The molecule has 0 fully saturated rings. The molecule has 0 spiro atoms. The minimum atomic E-state index is 0.577. The monoisotopic (exact) mass is 219 g/mol. The largest absolute Gasteiger partial charge is 0.490 e. The summed E-state index contributed by atoms with van der Waals surface area (Å²) < 4.78 is 6.95. The SMILES string of the molecule is CNc1ncnc(-n2cc(C)cn2)c1OC. The van der Waals surface area contributed by atoms with E-state index in [9.17, 15) is 0 Å². The highest BCUT2D eigenvalue weighted by atomic mass is 16.5. The first-order valence-corrected chi connectivity index (χ1v) is 4.84. The van der Waals surface area contributed by atoms with Crippen LogP contribution in [0.4, 0.5) is 5.82 Å². The first kappa shape index (κ1) is 10.4. The molecular weight excluding hydrogens is 206 g/mol. The van der Waals surface area contributed by atoms with E-state index in [0.29, 0.717) is 17.4 Å². The van der Waals surface area contributed by atoms with Crippen molar-refractivity contribution < 1.29 is 4.74 Å². The molecule has 0 radical (unpaired) electrons. The van der Waals surface area contributed by atoms with Gasteiger partial charge < -0.3 is 10.1 Å². The lowest BCUT2D eigenvalue weighted by Gasteiger charge is -2.10. The van der Waals surface area contributed by atoms with Gasteiger partial charge in [0.2, 0.25) is 11.6 Å². The van der Waals surface area contributed by atoms with Crippen LogP contribution >= 0.6 is 0 Å². The van der Waals surface area contributed by atoms with E-state index < -0.39 is 0 Å². The fourth-order valence-corrected chi connectivity index (χ4v) is 1.42. The summed E-state index contributed by atoms with van der Waals surface area (Å²) in [4.78, 5) is 8.24. The zero-order chi connectivity index (χ0) is 11.5. The Morgan fingerprint density at radius 1 is 1.38 bits per heavy atom. The van der Waals surface area contributed by atoms with Crippen molar-refractivity contribution in [2.75, 3.05) is 19.5 Å². The van der Waals surface area contributed by atoms with Crippen LogP contribution in [0.1, 0.15) is 5.56 Å². The van der Waals surface area contributed by atoms with Gasteiger partial charge in [-0.2, -0.15) is 5.10 Å². The highest BCUT2D eigenvalue weighted by molar-refractivity contribution is 5.57. The number of nitrogens with one attached hydrogen (secondary N) is 1. The van der Waals surface area contributed by atoms with E-state index >= 15 is 0 Å². The standard InChI is InChI=1S/C10H13N5O/c1-7-4-14-15(5-7)10-8(16-3)9(11-2)12-6-13-10/h4-6H,1-3H3,(H,11,12,13). The summed E-state index contributed by atoms with van der Waals surface area (Å²) in [5.41, 5.74) is 1.06. The van der Waals surface area contributed by atoms with Gasteiger partial charge in [-0.3, -0.25) is 0 Å². The molecule has 0 atom stereocenters. The predicted molar refractivity (Wildman–Crippen MR) is 60.0 cm³/mol. The topological polar surface area (TPSA) is 64.9 Å². The lowest BCUT2D eigenvalue weighted by Crippen LogP contribution is -2.05. The van der Waals surface area contributed by atoms with Crippen LogP contribution in [0.25, 0.3) is 5.82 Å². The van der Waals surface area contributed by atoms with Gasteiger partial charge in [-0.25, -0.2) is 14.6 Å². The van der Waals surface area contributed by atoms with Crippen molar-refractivity contribution in [1.29, 1.82) is 0 Å². The van der Waals surface area contributed by atoms with Gasteiger partial charge in [0.15, 0.2) is 5.82 Å². The van der Waals surface area contributed by atoms with Crippen molar-refractivity contribution in [3.8, 4) is 11.6 Å². The number of aryl methyl sites for hydroxylation is 1. The number of nitrogens with zero attached hydrogens (tertiary/aromatic N) is 4. The molecule has 0 aliphatic rings. The Labute approximate surface area is 93.3 Å². The van der Waals surface area contributed by atoms with Crippen LogP contribution < -0.4 is 10.1 Å². The predicted octanol–water partition coefficient (Wildman–Crippen LogP) is 1.02. The van der Waals surface area contributed by atoms with Crippen molar-refractivity contribution in [2.24, 2.45) is 0 Å². The van der Waals surface area contributed by atoms with E-state index in [-0.39, 0.29) is 0 Å². The molecule has 1 N–H and O–H groups in total. The van der Waals surface area contributed by atoms with Gasteiger partial charge in [0.05, 0.1) is 13.3 Å². The Morgan fingerprint density at radius 3 is 2.75 bits per heavy atom. The third-order valence-electron chi connectivity index (χ3n) is 2.15. The Balaban J connectivity index is 2.56. The lowest BCUT2D eigenvalue weighted by molar-refractivity contribution is 0.409. The maximum atomic E-state index is 5.28. The van der Waals surface area contributed by atoms with Crippen LogP contribution in [0.3, 0.4) is 0 Å². The smallest absolute Gasteiger partial charge is 0.206 e. The van der Waals surface area contributed by atoms with Gasteiger partial charge >= 0.3 is 0 Å². The molecule has 2 rings (SSSR count). The second kappa shape index (κ2) is 4.18. The first-order chi connectivity index (χ1) is 7.76. The minimum Gasteiger partial charge on any atom is -0.490 e. The molecule has 0 aliphatic heterocycles. The van der Waals surface area contributed by atoms with Crippen molar-refractivity contribution in [3.63, 3.8) is 0 Å². The molecule has 2 heterocycles. The number of anilines is 1. The van der Waals surface area contributed by atoms with Crippen LogP contribution in [0.15, 0.2) is 18.7 Å². The number of aromatic nitrogens is 4. The van der Waals surface area contributed by atoms with Crippen LogP contribution in [0.2, 0.25) is 0 Å². The van der Waals surface area contributed by atoms with E-state index in [0.717, 1.165) is 5.56 Å². The van der Waals surface area contributed by atoms with E-state index in [1.807, 2.05) is 13.1 Å². The van der Waals surface area contributed by atoms with Crippen molar-refractivity contribution in [2.45, 2.75) is 6.92 Å². The summed E-state index contributed by atoms with van der Waals surface area (Å²) in [6, 6.07) is 0. The molecule has 0 amide bonds. The number of hydrogen-bond donors (Lipinski definition) is 1. The molecule has 0 bridgehead atoms. The molecule has 0 saturated heterocycles. The van der Waals surface area contributed by atoms with Gasteiger partial charge in [-0.1, -0.05) is 0 Å². The highest BCUT2D eigenvalue weighted by Gasteiger charge is 2.13. The molecule has 0 aliphatic carbocycles. The van der Waals surface area contributed by atoms with Crippen LogP contribution in [0.5, 0.6) is 5.75 Å². The maximum absolute atomic E-state index is 5.28. The summed E-state index contributed by atoms with van der Waals surface area (Å²) in [7, 11) is 3.36. The van der Waals surface area contributed by atoms with Crippen molar-refractivity contribution in [3.05, 3.63) is 24.3 Å². The molecule has 0 aromatic carbocycles. The zero-order valence-electron chi connectivity index (χ0n) is 9.43. The molecular formula is C10H13N5O. The highest BCUT2D eigenvalue weighted by Crippen LogP contribution is 2.26. The maximum Gasteiger partial charge on any atom is 0.206 e. The summed E-state index contributed by atoms with van der Waals surface area (Å²) in [6.45, 7) is 1.97. The van der Waals surface area contributed by atoms with E-state index in [4.69, 9.17) is 4.74 Å². The molecule has 16 heavy (non-hydrogen) atoms. The molecule has 0 unspecified atom stereocenters. The van der Waals surface area contributed by atoms with Crippen LogP contribution in [-0.2, 0) is 0 Å². The van der Waals surface area contributed by atoms with Gasteiger partial charge in [0.1, 0.15) is 6.33 Å². The van der Waals surface area contributed by atoms with Gasteiger partial charge in [-0.15, -0.1) is 0 Å². The third-order valence-corrected chi connectivity index (χ3v) is 2.15. The summed E-state index contributed by atoms with van der Waals surface area (Å²) >= 11 is 0. The van der Waals surface area contributed by atoms with Crippen molar-refractivity contribution in [1.82, 2.24) is 19.7 Å². The average molecular weight is 219 g/mol. The second-order valence-corrected chi connectivity index (χ2v) is 3.29. The molecule has 2 aromatic heterocycles. The number of ether oxygens (including phenoxy) is 1. The lowest BCUT2D eigenvalue weighted by atomic mass is 10.4. The quantitative estimate of drug-likeness (QED) is 0.835. The fourth-order valence-electron chi connectivity index (χ4n) is 1.42. The normalized spacial score (nSPS) is 10.2. The second-order valence-electron chi connectivity index (χ2n) is 3.29. The first-order valence-electron chi connectivity index (χ1n) is 4.84. The Bertz CT molecular complexity index is 494. The summed E-state index contributed by atoms with van der Waals surface area (Å²) in [5.74, 6) is 1.84. The van der Waals surface area contributed by atoms with E-state index in [1.165, 1.54) is 6.33 Å². The zero-order valence-corrected chi connectivity index (χ0v) is 9.43. The van der Waals surface area contributed by atoms with Crippen LogP contribution in [0, 0.1) is 6.92 Å². The van der Waals surface area contributed by atoms with Gasteiger partial charge in [0, 0.05) is 13.2 Å². The minimum absolute atomic E-state index is 0.577. The Morgan fingerprint density at radius 2 is 2.19 bits per heavy atom. The average Bonchev–Trinajstić information content (AvgIpc) is 2.74. The number of methoxy groups -OCH3 is 1.